The number of nitrogens with zero attached hydrogens (tertiary/aromatic N) is 5. The molecule has 0 saturated heterocycles. The molecule has 1 aromatic carbocycles. The molecule has 2 aromatic rings. The number of fused-ring (bicyclic) bond motifs is 1. The van der Waals surface area contributed by atoms with Crippen molar-refractivity contribution in [3.63, 3.8) is 0 Å². The van der Waals surface area contributed by atoms with E-state index in [2.05, 4.69) is 59.3 Å². The number of nitriles is 2. The highest BCUT2D eigenvalue weighted by Gasteiger charge is 2.31. The summed E-state index contributed by atoms with van der Waals surface area (Å²) in [6, 6.07) is 10.2. The van der Waals surface area contributed by atoms with E-state index in [1.54, 1.807) is 0 Å². The van der Waals surface area contributed by atoms with Crippen LogP contribution in [-0.4, -0.2) is 27.9 Å². The fourth-order valence-electron chi connectivity index (χ4n) is 3.91. The number of anilines is 3. The maximum atomic E-state index is 9.52. The molecule has 0 amide bonds. The molecular weight excluding hydrogens is 390 g/mol. The van der Waals surface area contributed by atoms with Crippen molar-refractivity contribution in [2.75, 3.05) is 16.8 Å². The van der Waals surface area contributed by atoms with E-state index in [9.17, 15) is 5.26 Å². The Bertz CT molecular complexity index is 1080. The van der Waals surface area contributed by atoms with Crippen molar-refractivity contribution in [2.45, 2.75) is 52.4 Å². The van der Waals surface area contributed by atoms with Crippen molar-refractivity contribution >= 4 is 23.3 Å². The van der Waals surface area contributed by atoms with Gasteiger partial charge in [-0.1, -0.05) is 24.3 Å². The molecule has 0 fully saturated rings. The molecule has 9 nitrogen and oxygen atoms in total. The van der Waals surface area contributed by atoms with Gasteiger partial charge in [0, 0.05) is 24.2 Å². The zero-order valence-electron chi connectivity index (χ0n) is 18.1. The summed E-state index contributed by atoms with van der Waals surface area (Å²) in [6.45, 7) is 9.38. The van der Waals surface area contributed by atoms with E-state index in [1.165, 1.54) is 0 Å². The van der Waals surface area contributed by atoms with Crippen molar-refractivity contribution in [3.05, 3.63) is 46.5 Å². The quantitative estimate of drug-likeness (QED) is 0.428. The van der Waals surface area contributed by atoms with Gasteiger partial charge in [-0.3, -0.25) is 10.2 Å². The Hall–Kier alpha value is -3.82. The summed E-state index contributed by atoms with van der Waals surface area (Å²) in [5, 5.41) is 24.1. The first-order chi connectivity index (χ1) is 14.8. The second kappa shape index (κ2) is 8.90. The van der Waals surface area contributed by atoms with Crippen LogP contribution in [0.15, 0.2) is 29.3 Å². The van der Waals surface area contributed by atoms with E-state index in [0.717, 1.165) is 11.1 Å². The molecule has 0 aliphatic carbocycles. The van der Waals surface area contributed by atoms with Crippen LogP contribution in [0, 0.1) is 22.8 Å². The molecule has 1 unspecified atom stereocenters. The Kier molecular flexibility index (Phi) is 6.28. The SMILES string of the molecule is CC(C)N(Cc1ccccc1C1N=C(NC#N)Nc2nc(N)c(C#N)c(N)c21)C(C)C. The number of aliphatic imine (C=N–C) groups is 1. The Morgan fingerprint density at radius 1 is 1.16 bits per heavy atom. The number of guanidine groups is 1. The van der Waals surface area contributed by atoms with Crippen LogP contribution in [0.4, 0.5) is 17.3 Å². The number of benzene rings is 1. The number of aromatic nitrogens is 1. The van der Waals surface area contributed by atoms with Gasteiger partial charge >= 0.3 is 0 Å². The monoisotopic (exact) mass is 417 g/mol. The first kappa shape index (κ1) is 21.9. The van der Waals surface area contributed by atoms with Crippen molar-refractivity contribution in [1.29, 1.82) is 10.5 Å². The van der Waals surface area contributed by atoms with E-state index in [4.69, 9.17) is 16.7 Å². The van der Waals surface area contributed by atoms with Crippen molar-refractivity contribution in [2.24, 2.45) is 4.99 Å². The molecule has 1 aromatic heterocycles. The van der Waals surface area contributed by atoms with E-state index in [1.807, 2.05) is 30.5 Å². The van der Waals surface area contributed by atoms with Gasteiger partial charge in [-0.25, -0.2) is 9.98 Å². The minimum Gasteiger partial charge on any atom is -0.397 e. The number of hydrogen-bond acceptors (Lipinski definition) is 9. The number of nitrogens with two attached hydrogens (primary N) is 2. The smallest absolute Gasteiger partial charge is 0.211 e. The summed E-state index contributed by atoms with van der Waals surface area (Å²) in [7, 11) is 0. The lowest BCUT2D eigenvalue weighted by atomic mass is 9.91. The first-order valence-corrected chi connectivity index (χ1v) is 10.1. The van der Waals surface area contributed by atoms with Crippen LogP contribution in [0.1, 0.15) is 56.0 Å². The molecule has 0 radical (unpaired) electrons. The number of nitrogen functional groups attached to an aromatic ring is 2. The maximum absolute atomic E-state index is 9.52. The third-order valence-electron chi connectivity index (χ3n) is 5.39. The van der Waals surface area contributed by atoms with Gasteiger partial charge in [-0.2, -0.15) is 10.5 Å². The minimum absolute atomic E-state index is 0.0299. The van der Waals surface area contributed by atoms with Crippen LogP contribution < -0.4 is 22.1 Å². The van der Waals surface area contributed by atoms with E-state index < -0.39 is 6.04 Å². The second-order valence-corrected chi connectivity index (χ2v) is 7.96. The lowest BCUT2D eigenvalue weighted by molar-refractivity contribution is 0.165. The van der Waals surface area contributed by atoms with Crippen molar-refractivity contribution in [3.8, 4) is 12.3 Å². The molecule has 0 spiro atoms. The second-order valence-electron chi connectivity index (χ2n) is 7.96. The van der Waals surface area contributed by atoms with Gasteiger partial charge in [-0.05, 0) is 38.8 Å². The predicted molar refractivity (Wildman–Crippen MR) is 122 cm³/mol. The minimum atomic E-state index is -0.551. The summed E-state index contributed by atoms with van der Waals surface area (Å²) < 4.78 is 0. The summed E-state index contributed by atoms with van der Waals surface area (Å²) in [4.78, 5) is 11.4. The Balaban J connectivity index is 2.19. The predicted octanol–water partition coefficient (Wildman–Crippen LogP) is 2.68. The van der Waals surface area contributed by atoms with Crippen LogP contribution in [0.3, 0.4) is 0 Å². The van der Waals surface area contributed by atoms with Gasteiger partial charge in [-0.15, -0.1) is 0 Å². The molecule has 0 bridgehead atoms. The fourth-order valence-corrected chi connectivity index (χ4v) is 3.91. The average Bonchev–Trinajstić information content (AvgIpc) is 2.71. The molecular formula is C22H27N9. The largest absolute Gasteiger partial charge is 0.397 e. The highest BCUT2D eigenvalue weighted by atomic mass is 15.2. The maximum Gasteiger partial charge on any atom is 0.211 e. The van der Waals surface area contributed by atoms with E-state index >= 15 is 0 Å². The summed E-state index contributed by atoms with van der Waals surface area (Å²) >= 11 is 0. The van der Waals surface area contributed by atoms with Gasteiger partial charge in [0.25, 0.3) is 0 Å². The molecule has 3 rings (SSSR count). The topological polar surface area (TPSA) is 152 Å². The van der Waals surface area contributed by atoms with Crippen LogP contribution >= 0.6 is 0 Å². The zero-order valence-corrected chi connectivity index (χ0v) is 18.1. The fraction of sp³-hybridized carbons (Fsp3) is 0.364. The van der Waals surface area contributed by atoms with Crippen molar-refractivity contribution < 1.29 is 0 Å². The summed E-state index contributed by atoms with van der Waals surface area (Å²) in [6.07, 6.45) is 1.87. The van der Waals surface area contributed by atoms with Gasteiger partial charge < -0.3 is 16.8 Å². The van der Waals surface area contributed by atoms with Gasteiger partial charge in [0.15, 0.2) is 6.19 Å². The van der Waals surface area contributed by atoms with Crippen molar-refractivity contribution in [1.82, 2.24) is 15.2 Å². The molecule has 0 saturated carbocycles. The summed E-state index contributed by atoms with van der Waals surface area (Å²) in [5.74, 6) is 0.656. The molecule has 1 aliphatic heterocycles. The molecule has 2 heterocycles. The molecule has 1 aliphatic rings. The Morgan fingerprint density at radius 2 is 1.84 bits per heavy atom. The van der Waals surface area contributed by atoms with Gasteiger partial charge in [0.05, 0.1) is 5.69 Å². The third-order valence-corrected chi connectivity index (χ3v) is 5.39. The Labute approximate surface area is 182 Å². The average molecular weight is 418 g/mol. The molecule has 31 heavy (non-hydrogen) atoms. The molecule has 9 heteroatoms. The van der Waals surface area contributed by atoms with Gasteiger partial charge in [0.2, 0.25) is 5.96 Å². The molecule has 160 valence electrons. The lowest BCUT2D eigenvalue weighted by Gasteiger charge is -2.33. The Morgan fingerprint density at radius 3 is 2.45 bits per heavy atom. The van der Waals surface area contributed by atoms with Crippen LogP contribution in [0.2, 0.25) is 0 Å². The number of hydrogen-bond donors (Lipinski definition) is 4. The number of nitrogens with one attached hydrogen (secondary N) is 2. The highest BCUT2D eigenvalue weighted by Crippen LogP contribution is 2.41. The van der Waals surface area contributed by atoms with E-state index in [-0.39, 0.29) is 23.0 Å². The van der Waals surface area contributed by atoms with Gasteiger partial charge in [0.1, 0.15) is 29.3 Å². The first-order valence-electron chi connectivity index (χ1n) is 10.1. The zero-order chi connectivity index (χ0) is 22.7. The van der Waals surface area contributed by atoms with Crippen LogP contribution in [-0.2, 0) is 6.54 Å². The standard InChI is InChI=1S/C22H27N9/c1-12(2)31(13(3)4)10-14-7-5-6-8-15(14)19-17-18(25)16(9-23)20(26)29-21(17)30-22(28-19)27-11-24/h5-8,12-13,19H,10H2,1-4H3,(H6,25,26,27,28,29,30). The normalized spacial score (nSPS) is 15.1. The lowest BCUT2D eigenvalue weighted by Crippen LogP contribution is -2.37. The summed E-state index contributed by atoms with van der Waals surface area (Å²) in [5.41, 5.74) is 15.2. The number of pyridine rings is 1. The molecule has 6 N–H and O–H groups in total. The highest BCUT2D eigenvalue weighted by molar-refractivity contribution is 5.98. The number of rotatable bonds is 5. The third kappa shape index (κ3) is 4.23. The van der Waals surface area contributed by atoms with Crippen LogP contribution in [0.5, 0.6) is 0 Å². The van der Waals surface area contributed by atoms with Crippen LogP contribution in [0.25, 0.3) is 0 Å². The molecule has 1 atom stereocenters. The van der Waals surface area contributed by atoms with E-state index in [0.29, 0.717) is 30.0 Å².